The maximum atomic E-state index is 15.8. The highest BCUT2D eigenvalue weighted by Gasteiger charge is 2.31. The molecule has 16 heteroatoms. The first-order valence-corrected chi connectivity index (χ1v) is 16.9. The predicted octanol–water partition coefficient (Wildman–Crippen LogP) is 5.26. The number of carbonyl (C=O) groups is 1. The van der Waals surface area contributed by atoms with Crippen LogP contribution in [0.5, 0.6) is 11.5 Å². The van der Waals surface area contributed by atoms with Crippen LogP contribution in [0.15, 0.2) is 82.3 Å². The second-order valence-electron chi connectivity index (χ2n) is 13.4. The minimum atomic E-state index is -1.04. The maximum Gasteiger partial charge on any atom is 0.368 e. The number of aromatic nitrogens is 3. The van der Waals surface area contributed by atoms with Gasteiger partial charge in [-0.05, 0) is 42.0 Å². The average Bonchev–Trinajstić information content (AvgIpc) is 3.60. The Morgan fingerprint density at radius 3 is 2.47 bits per heavy atom. The first-order valence-electron chi connectivity index (χ1n) is 16.9. The summed E-state index contributed by atoms with van der Waals surface area (Å²) in [6.45, 7) is 1.51. The number of quaternary nitrogens is 1. The number of methoxy groups -OCH3 is 2. The summed E-state index contributed by atoms with van der Waals surface area (Å²) in [5.74, 6) is -2.56. The van der Waals surface area contributed by atoms with E-state index in [1.165, 1.54) is 43.3 Å². The number of aliphatic imine (C=N–C) groups is 1. The van der Waals surface area contributed by atoms with Gasteiger partial charge in [0.2, 0.25) is 5.91 Å². The van der Waals surface area contributed by atoms with Gasteiger partial charge in [0.15, 0.2) is 23.1 Å². The molecule has 0 aliphatic carbocycles. The van der Waals surface area contributed by atoms with Crippen LogP contribution in [0, 0.1) is 21.7 Å². The van der Waals surface area contributed by atoms with Crippen LogP contribution in [-0.4, -0.2) is 95.5 Å². The Bertz CT molecular complexity index is 2180. The third-order valence-corrected chi connectivity index (χ3v) is 9.36. The Labute approximate surface area is 303 Å². The Kier molecular flexibility index (Phi) is 10.6. The van der Waals surface area contributed by atoms with Gasteiger partial charge in [-0.15, -0.1) is 0 Å². The number of carbonyl (C=O) groups excluding carboxylic acids is 1. The fourth-order valence-corrected chi connectivity index (χ4v) is 6.75. The standard InChI is InChI=1S/C37H38F2N8O6/c1-47(2,22-23-9-13-41-36(23)46(50)51)16-6-8-32(48)44-14-10-26(11-15-44)45-28-18-31(43-25-7-5-12-40-21-25)42-20-24(28)17-27(37(45)49)33-34(38)29(52-3)19-30(53-4)35(33)39/h5-8,12-13,17-21,26H,9-11,14-16,22H2,1-4H3/p+1/b8-6+. The number of nitrogens with one attached hydrogen (secondary N) is 1. The number of likely N-dealkylation sites (tertiary alicyclic amines) is 1. The number of piperidine rings is 1. The lowest BCUT2D eigenvalue weighted by Gasteiger charge is -2.33. The summed E-state index contributed by atoms with van der Waals surface area (Å²) >= 11 is 0. The minimum absolute atomic E-state index is 0.118. The fourth-order valence-electron chi connectivity index (χ4n) is 6.75. The number of rotatable bonds is 12. The largest absolute Gasteiger partial charge is 0.494 e. The summed E-state index contributed by atoms with van der Waals surface area (Å²) in [6.07, 6.45) is 10.8. The molecule has 276 valence electrons. The van der Waals surface area contributed by atoms with E-state index in [1.54, 1.807) is 35.5 Å². The lowest BCUT2D eigenvalue weighted by atomic mass is 9.99. The Balaban J connectivity index is 1.28. The lowest BCUT2D eigenvalue weighted by molar-refractivity contribution is -0.880. The van der Waals surface area contributed by atoms with Crippen molar-refractivity contribution in [2.45, 2.75) is 25.3 Å². The molecule has 6 rings (SSSR count). The zero-order valence-corrected chi connectivity index (χ0v) is 29.7. The number of hydrogen-bond acceptors (Lipinski definition) is 10. The van der Waals surface area contributed by atoms with Crippen LogP contribution < -0.4 is 20.3 Å². The number of nitro groups is 1. The number of ether oxygens (including phenoxy) is 2. The van der Waals surface area contributed by atoms with E-state index in [-0.39, 0.29) is 28.8 Å². The molecule has 2 aliphatic heterocycles. The second kappa shape index (κ2) is 15.3. The number of halogens is 2. The predicted molar refractivity (Wildman–Crippen MR) is 195 cm³/mol. The molecular formula is C37H39F2N8O6+. The molecule has 0 saturated carbocycles. The molecule has 14 nitrogen and oxygen atoms in total. The molecule has 4 aromatic rings. The molecule has 0 spiro atoms. The van der Waals surface area contributed by atoms with Crippen molar-refractivity contribution >= 4 is 34.5 Å². The topological polar surface area (TPSA) is 154 Å². The molecule has 0 radical (unpaired) electrons. The van der Waals surface area contributed by atoms with Gasteiger partial charge in [0.1, 0.15) is 18.6 Å². The highest BCUT2D eigenvalue weighted by molar-refractivity contribution is 5.88. The van der Waals surface area contributed by atoms with Crippen LogP contribution in [0.25, 0.3) is 22.0 Å². The molecule has 2 aliphatic rings. The van der Waals surface area contributed by atoms with Crippen molar-refractivity contribution in [1.29, 1.82) is 0 Å². The van der Waals surface area contributed by atoms with Crippen LogP contribution >= 0.6 is 0 Å². The summed E-state index contributed by atoms with van der Waals surface area (Å²) in [6, 6.07) is 7.34. The molecule has 1 N–H and O–H groups in total. The van der Waals surface area contributed by atoms with E-state index in [0.717, 1.165) is 6.07 Å². The normalized spacial score (nSPS) is 15.1. The van der Waals surface area contributed by atoms with Gasteiger partial charge in [0, 0.05) is 61.5 Å². The van der Waals surface area contributed by atoms with E-state index in [1.807, 2.05) is 20.2 Å². The van der Waals surface area contributed by atoms with Gasteiger partial charge in [-0.3, -0.25) is 14.6 Å². The number of hydrogen-bond donors (Lipinski definition) is 1. The molecule has 0 bridgehead atoms. The quantitative estimate of drug-likeness (QED) is 0.0891. The number of amides is 1. The van der Waals surface area contributed by atoms with Gasteiger partial charge in [0.25, 0.3) is 5.56 Å². The van der Waals surface area contributed by atoms with Gasteiger partial charge in [-0.25, -0.2) is 13.8 Å². The van der Waals surface area contributed by atoms with Crippen molar-refractivity contribution in [3.63, 3.8) is 0 Å². The zero-order chi connectivity index (χ0) is 37.9. The third kappa shape index (κ3) is 7.77. The summed E-state index contributed by atoms with van der Waals surface area (Å²) in [5, 5.41) is 14.9. The van der Waals surface area contributed by atoms with Crippen molar-refractivity contribution in [3.8, 4) is 22.6 Å². The molecular weight excluding hydrogens is 690 g/mol. The number of benzene rings is 1. The summed E-state index contributed by atoms with van der Waals surface area (Å²) in [4.78, 5) is 52.7. The first kappa shape index (κ1) is 36.8. The minimum Gasteiger partial charge on any atom is -0.494 e. The van der Waals surface area contributed by atoms with Gasteiger partial charge in [-0.2, -0.15) is 0 Å². The van der Waals surface area contributed by atoms with Crippen molar-refractivity contribution < 1.29 is 32.5 Å². The van der Waals surface area contributed by atoms with Crippen LogP contribution in [0.2, 0.25) is 0 Å². The number of fused-ring (bicyclic) bond motifs is 1. The van der Waals surface area contributed by atoms with E-state index in [2.05, 4.69) is 20.3 Å². The summed E-state index contributed by atoms with van der Waals surface area (Å²) in [5.41, 5.74) is 0.364. The average molecular weight is 730 g/mol. The molecule has 3 aromatic heterocycles. The first-order chi connectivity index (χ1) is 25.4. The van der Waals surface area contributed by atoms with Crippen molar-refractivity contribution in [1.82, 2.24) is 19.4 Å². The lowest BCUT2D eigenvalue weighted by Crippen LogP contribution is -2.42. The van der Waals surface area contributed by atoms with E-state index in [0.29, 0.717) is 77.9 Å². The van der Waals surface area contributed by atoms with Gasteiger partial charge < -0.3 is 38.9 Å². The van der Waals surface area contributed by atoms with E-state index < -0.39 is 33.7 Å². The number of nitrogens with zero attached hydrogens (tertiary/aromatic N) is 7. The number of anilines is 2. The Morgan fingerprint density at radius 2 is 1.83 bits per heavy atom. The van der Waals surface area contributed by atoms with E-state index >= 15 is 8.78 Å². The Hall–Kier alpha value is -6.03. The molecule has 0 unspecified atom stereocenters. The molecule has 1 saturated heterocycles. The van der Waals surface area contributed by atoms with Gasteiger partial charge in [-0.1, -0.05) is 4.99 Å². The SMILES string of the molecule is COc1cc(OC)c(F)c(-c2cc3cnc(Nc4cccnc4)cc3n(C3CCN(C(=O)/C=C/C[N+](C)(C)CC4=C([N+](=O)[O-])N=CC4)CC3)c2=O)c1F. The maximum absolute atomic E-state index is 15.8. The van der Waals surface area contributed by atoms with E-state index in [4.69, 9.17) is 9.47 Å². The highest BCUT2D eigenvalue weighted by atomic mass is 19.1. The molecule has 1 amide bonds. The third-order valence-electron chi connectivity index (χ3n) is 9.36. The van der Waals surface area contributed by atoms with Crippen LogP contribution in [-0.2, 0) is 4.79 Å². The number of likely N-dealkylation sites (N-methyl/N-ethyl adjacent to an activating group) is 1. The smallest absolute Gasteiger partial charge is 0.368 e. The monoisotopic (exact) mass is 729 g/mol. The summed E-state index contributed by atoms with van der Waals surface area (Å²) < 4.78 is 43.8. The number of pyridine rings is 3. The van der Waals surface area contributed by atoms with Crippen molar-refractivity contribution in [2.75, 3.05) is 59.8 Å². The van der Waals surface area contributed by atoms with Gasteiger partial charge >= 0.3 is 5.82 Å². The zero-order valence-electron chi connectivity index (χ0n) is 29.7. The summed E-state index contributed by atoms with van der Waals surface area (Å²) in [7, 11) is 6.32. The molecule has 0 atom stereocenters. The van der Waals surface area contributed by atoms with Crippen molar-refractivity contribution in [2.24, 2.45) is 4.99 Å². The molecule has 1 fully saturated rings. The van der Waals surface area contributed by atoms with Gasteiger partial charge in [0.05, 0.1) is 69.0 Å². The van der Waals surface area contributed by atoms with Crippen LogP contribution in [0.1, 0.15) is 25.3 Å². The molecule has 1 aromatic carbocycles. The Morgan fingerprint density at radius 1 is 1.11 bits per heavy atom. The van der Waals surface area contributed by atoms with Crippen LogP contribution in [0.4, 0.5) is 20.3 Å². The van der Waals surface area contributed by atoms with Crippen molar-refractivity contribution in [3.05, 3.63) is 105 Å². The fraction of sp³-hybridized carbons (Fsp3) is 0.324. The second-order valence-corrected chi connectivity index (χ2v) is 13.4. The molecule has 5 heterocycles. The highest BCUT2D eigenvalue weighted by Crippen LogP contribution is 2.38. The van der Waals surface area contributed by atoms with E-state index in [9.17, 15) is 19.7 Å². The molecule has 53 heavy (non-hydrogen) atoms. The van der Waals surface area contributed by atoms with Crippen LogP contribution in [0.3, 0.4) is 0 Å².